The highest BCUT2D eigenvalue weighted by atomic mass is 35.5. The molecule has 0 aromatic heterocycles. The lowest BCUT2D eigenvalue weighted by Gasteiger charge is -2.21. The molecule has 4 rings (SSSR count). The molecule has 0 radical (unpaired) electrons. The van der Waals surface area contributed by atoms with Crippen LogP contribution < -0.4 is 9.46 Å². The zero-order valence-corrected chi connectivity index (χ0v) is 19.2. The van der Waals surface area contributed by atoms with Crippen molar-refractivity contribution in [2.75, 3.05) is 25.4 Å². The van der Waals surface area contributed by atoms with E-state index in [9.17, 15) is 22.0 Å². The molecule has 0 saturated heterocycles. The van der Waals surface area contributed by atoms with Crippen molar-refractivity contribution in [2.45, 2.75) is 11.3 Å². The minimum absolute atomic E-state index is 0.0225. The smallest absolute Gasteiger partial charge is 0.265 e. The molecule has 10 heteroatoms. The topological polar surface area (TPSA) is 75.7 Å². The van der Waals surface area contributed by atoms with Gasteiger partial charge < -0.3 is 9.64 Å². The molecule has 1 N–H and O–H groups in total. The molecule has 1 aliphatic rings. The molecule has 0 saturated carbocycles. The second-order valence-electron chi connectivity index (χ2n) is 7.54. The third-order valence-electron chi connectivity index (χ3n) is 5.42. The lowest BCUT2D eigenvalue weighted by molar-refractivity contribution is 0.0796. The third-order valence-corrected chi connectivity index (χ3v) is 7.07. The van der Waals surface area contributed by atoms with E-state index in [0.717, 1.165) is 12.1 Å². The first-order valence-corrected chi connectivity index (χ1v) is 11.7. The summed E-state index contributed by atoms with van der Waals surface area (Å²) in [6, 6.07) is 11.1. The Bertz CT molecular complexity index is 1380. The largest absolute Gasteiger partial charge is 0.494 e. The zero-order valence-electron chi connectivity index (χ0n) is 17.7. The van der Waals surface area contributed by atoms with E-state index >= 15 is 0 Å². The molecule has 1 aliphatic heterocycles. The van der Waals surface area contributed by atoms with Gasteiger partial charge in [-0.05, 0) is 35.7 Å². The number of nitrogens with zero attached hydrogens (tertiary/aromatic N) is 1. The van der Waals surface area contributed by atoms with Gasteiger partial charge in [0.25, 0.3) is 15.9 Å². The van der Waals surface area contributed by atoms with Crippen LogP contribution in [0.1, 0.15) is 15.9 Å². The average Bonchev–Trinajstić information content (AvgIpc) is 2.78. The number of hydrogen-bond donors (Lipinski definition) is 1. The molecule has 0 unspecified atom stereocenters. The molecule has 172 valence electrons. The average molecular weight is 493 g/mol. The van der Waals surface area contributed by atoms with Crippen molar-refractivity contribution in [1.29, 1.82) is 0 Å². The van der Waals surface area contributed by atoms with Crippen molar-refractivity contribution >= 4 is 33.2 Å². The zero-order chi connectivity index (χ0) is 23.9. The van der Waals surface area contributed by atoms with Gasteiger partial charge in [-0.2, -0.15) is 0 Å². The van der Waals surface area contributed by atoms with Crippen molar-refractivity contribution in [3.05, 3.63) is 76.3 Å². The summed E-state index contributed by atoms with van der Waals surface area (Å²) < 4.78 is 63.1. The molecule has 4 bridgehead atoms. The fraction of sp³-hybridized carbons (Fsp3) is 0.174. The predicted molar refractivity (Wildman–Crippen MR) is 121 cm³/mol. The van der Waals surface area contributed by atoms with Crippen molar-refractivity contribution in [1.82, 2.24) is 4.90 Å². The second-order valence-corrected chi connectivity index (χ2v) is 9.60. The Hall–Kier alpha value is -3.17. The number of hydrogen-bond acceptors (Lipinski definition) is 4. The first-order chi connectivity index (χ1) is 15.6. The number of benzene rings is 3. The van der Waals surface area contributed by atoms with Gasteiger partial charge in [-0.1, -0.05) is 35.9 Å². The monoisotopic (exact) mass is 492 g/mol. The number of halogens is 3. The fourth-order valence-corrected chi connectivity index (χ4v) is 5.36. The van der Waals surface area contributed by atoms with Gasteiger partial charge in [0.1, 0.15) is 16.5 Å². The third kappa shape index (κ3) is 4.26. The fourth-order valence-electron chi connectivity index (χ4n) is 3.73. The maximum absolute atomic E-state index is 14.8. The summed E-state index contributed by atoms with van der Waals surface area (Å²) in [6.45, 7) is 0.259. The molecule has 0 fully saturated rings. The number of anilines is 1. The lowest BCUT2D eigenvalue weighted by Crippen LogP contribution is -2.29. The van der Waals surface area contributed by atoms with Crippen LogP contribution in [0.15, 0.2) is 53.4 Å². The number of fused-ring (bicyclic) bond motifs is 6. The summed E-state index contributed by atoms with van der Waals surface area (Å²) in [5, 5.41) is -0.102. The first-order valence-electron chi connectivity index (χ1n) is 9.85. The summed E-state index contributed by atoms with van der Waals surface area (Å²) in [5.41, 5.74) is 0.767. The van der Waals surface area contributed by atoms with Gasteiger partial charge in [-0.15, -0.1) is 0 Å². The first kappa shape index (κ1) is 23.0. The lowest BCUT2D eigenvalue weighted by atomic mass is 9.96. The number of rotatable bonds is 1. The molecule has 0 aliphatic carbocycles. The Labute approximate surface area is 194 Å². The van der Waals surface area contributed by atoms with Crippen LogP contribution in [0.4, 0.5) is 14.5 Å². The molecule has 3 aromatic carbocycles. The highest BCUT2D eigenvalue weighted by Gasteiger charge is 2.28. The van der Waals surface area contributed by atoms with Gasteiger partial charge in [-0.25, -0.2) is 17.2 Å². The number of amides is 1. The van der Waals surface area contributed by atoms with Gasteiger partial charge in [0.05, 0.1) is 17.8 Å². The summed E-state index contributed by atoms with van der Waals surface area (Å²) in [6.07, 6.45) is 0.382. The maximum Gasteiger partial charge on any atom is 0.265 e. The van der Waals surface area contributed by atoms with E-state index in [0.29, 0.717) is 23.6 Å². The summed E-state index contributed by atoms with van der Waals surface area (Å²) in [7, 11) is -1.69. The van der Waals surface area contributed by atoms with Crippen molar-refractivity contribution in [2.24, 2.45) is 0 Å². The minimum atomic E-state index is -4.48. The van der Waals surface area contributed by atoms with Gasteiger partial charge in [-0.3, -0.25) is 9.52 Å². The summed E-state index contributed by atoms with van der Waals surface area (Å²) in [4.78, 5) is 14.0. The molecule has 3 aromatic rings. The van der Waals surface area contributed by atoms with Crippen LogP contribution in [0.5, 0.6) is 5.75 Å². The Morgan fingerprint density at radius 3 is 2.52 bits per heavy atom. The number of nitrogens with one attached hydrogen (secondary N) is 1. The molecule has 0 atom stereocenters. The van der Waals surface area contributed by atoms with Gasteiger partial charge in [0, 0.05) is 30.8 Å². The SMILES string of the molecule is COc1c(Cl)cc2cc1S(=O)(=O)Nc1cc(c(F)cc1F)-c1ccccc1CCN(C)C2=O. The number of carbonyl (C=O) groups is 1. The number of likely N-dealkylation sites (N-methyl/N-ethyl adjacent to an activating group) is 1. The van der Waals surface area contributed by atoms with Gasteiger partial charge in [0.15, 0.2) is 5.75 Å². The molecular weight excluding hydrogens is 474 g/mol. The summed E-state index contributed by atoms with van der Waals surface area (Å²) in [5.74, 6) is -2.62. The van der Waals surface area contributed by atoms with Crippen molar-refractivity contribution < 1.29 is 26.7 Å². The van der Waals surface area contributed by atoms with Crippen LogP contribution in [-0.2, 0) is 16.4 Å². The van der Waals surface area contributed by atoms with Crippen LogP contribution in [0.3, 0.4) is 0 Å². The highest BCUT2D eigenvalue weighted by molar-refractivity contribution is 7.92. The van der Waals surface area contributed by atoms with Crippen LogP contribution in [0.2, 0.25) is 5.02 Å². The van der Waals surface area contributed by atoms with E-state index < -0.39 is 38.1 Å². The van der Waals surface area contributed by atoms with E-state index in [2.05, 4.69) is 4.72 Å². The van der Waals surface area contributed by atoms with Gasteiger partial charge >= 0.3 is 0 Å². The predicted octanol–water partition coefficient (Wildman–Crippen LogP) is 4.72. The summed E-state index contributed by atoms with van der Waals surface area (Å²) >= 11 is 6.21. The second kappa shape index (κ2) is 8.64. The maximum atomic E-state index is 14.8. The van der Waals surface area contributed by atoms with E-state index in [1.54, 1.807) is 31.3 Å². The van der Waals surface area contributed by atoms with E-state index in [1.165, 1.54) is 18.1 Å². The van der Waals surface area contributed by atoms with Crippen LogP contribution in [0.25, 0.3) is 11.1 Å². The normalized spacial score (nSPS) is 15.3. The Morgan fingerprint density at radius 1 is 1.06 bits per heavy atom. The minimum Gasteiger partial charge on any atom is -0.494 e. The van der Waals surface area contributed by atoms with Crippen LogP contribution in [0, 0.1) is 11.6 Å². The Morgan fingerprint density at radius 2 is 1.79 bits per heavy atom. The molecule has 33 heavy (non-hydrogen) atoms. The number of carbonyl (C=O) groups excluding carboxylic acids is 1. The van der Waals surface area contributed by atoms with Crippen LogP contribution >= 0.6 is 11.6 Å². The van der Waals surface area contributed by atoms with Gasteiger partial charge in [0.2, 0.25) is 0 Å². The molecule has 1 amide bonds. The number of sulfonamides is 1. The highest BCUT2D eigenvalue weighted by Crippen LogP contribution is 2.37. The van der Waals surface area contributed by atoms with Crippen LogP contribution in [-0.4, -0.2) is 39.9 Å². The van der Waals surface area contributed by atoms with Crippen molar-refractivity contribution in [3.63, 3.8) is 0 Å². The standard InChI is InChI=1S/C23H19ClF2N2O4S/c1-28-8-7-13-5-3-4-6-15(13)16-11-20(19(26)12-18(16)25)27-33(30,31)21-10-14(23(28)29)9-17(24)22(21)32-2/h3-6,9-12,27H,7-8H2,1-2H3. The molecular formula is C23H19ClF2N2O4S. The van der Waals surface area contributed by atoms with E-state index in [1.807, 2.05) is 0 Å². The Kier molecular flexibility index (Phi) is 6.02. The number of methoxy groups -OCH3 is 1. The van der Waals surface area contributed by atoms with E-state index in [-0.39, 0.29) is 28.4 Å². The van der Waals surface area contributed by atoms with E-state index in [4.69, 9.17) is 16.3 Å². The molecule has 1 heterocycles. The molecule has 0 spiro atoms. The quantitative estimate of drug-likeness (QED) is 0.533. The van der Waals surface area contributed by atoms with Crippen molar-refractivity contribution in [3.8, 4) is 16.9 Å². The Balaban J connectivity index is 2.00. The number of ether oxygens (including phenoxy) is 1. The molecule has 6 nitrogen and oxygen atoms in total.